The van der Waals surface area contributed by atoms with E-state index in [9.17, 15) is 4.79 Å². The van der Waals surface area contributed by atoms with Crippen molar-refractivity contribution in [2.75, 3.05) is 0 Å². The molecule has 0 aliphatic heterocycles. The number of carbonyl (C=O) groups excluding carboxylic acids is 1. The molecule has 0 fully saturated rings. The molecule has 0 bridgehead atoms. The van der Waals surface area contributed by atoms with Crippen molar-refractivity contribution in [1.82, 2.24) is 10.3 Å². The fourth-order valence-electron chi connectivity index (χ4n) is 2.13. The molecule has 6 heteroatoms. The van der Waals surface area contributed by atoms with Gasteiger partial charge in [-0.15, -0.1) is 22.7 Å². The summed E-state index contributed by atoms with van der Waals surface area (Å²) in [6.45, 7) is 2.23. The number of thiazole rings is 1. The van der Waals surface area contributed by atoms with Gasteiger partial charge in [0.05, 0.1) is 22.2 Å². The predicted molar refractivity (Wildman–Crippen MR) is 92.5 cm³/mol. The van der Waals surface area contributed by atoms with E-state index < -0.39 is 0 Å². The first-order valence-electron chi connectivity index (χ1n) is 6.96. The Morgan fingerprint density at radius 2 is 2.22 bits per heavy atom. The summed E-state index contributed by atoms with van der Waals surface area (Å²) >= 11 is 3.01. The van der Waals surface area contributed by atoms with Crippen molar-refractivity contribution in [1.29, 1.82) is 5.26 Å². The van der Waals surface area contributed by atoms with E-state index in [4.69, 9.17) is 5.26 Å². The quantitative estimate of drug-likeness (QED) is 0.782. The molecular formula is C17H13N3OS2. The first-order valence-corrected chi connectivity index (χ1v) is 8.65. The maximum atomic E-state index is 12.4. The van der Waals surface area contributed by atoms with Crippen molar-refractivity contribution in [3.8, 4) is 16.0 Å². The number of rotatable bonds is 4. The predicted octanol–water partition coefficient (Wildman–Crippen LogP) is 3.98. The Hall–Kier alpha value is -2.49. The van der Waals surface area contributed by atoms with Crippen LogP contribution in [0.3, 0.4) is 0 Å². The molecule has 114 valence electrons. The smallest absolute Gasteiger partial charge is 0.263 e. The molecule has 3 aromatic rings. The van der Waals surface area contributed by atoms with Gasteiger partial charge in [0, 0.05) is 6.54 Å². The molecule has 0 unspecified atom stereocenters. The van der Waals surface area contributed by atoms with Gasteiger partial charge in [-0.1, -0.05) is 18.2 Å². The van der Waals surface area contributed by atoms with Crippen LogP contribution in [0.5, 0.6) is 0 Å². The van der Waals surface area contributed by atoms with Crippen molar-refractivity contribution in [3.05, 3.63) is 63.5 Å². The van der Waals surface area contributed by atoms with Gasteiger partial charge < -0.3 is 5.32 Å². The number of amides is 1. The van der Waals surface area contributed by atoms with E-state index in [0.717, 1.165) is 21.1 Å². The van der Waals surface area contributed by atoms with Crippen LogP contribution in [0, 0.1) is 18.3 Å². The second-order valence-corrected chi connectivity index (χ2v) is 6.85. The Bertz CT molecular complexity index is 876. The van der Waals surface area contributed by atoms with Crippen LogP contribution in [0.15, 0.2) is 41.8 Å². The van der Waals surface area contributed by atoms with Crippen LogP contribution in [0.25, 0.3) is 9.88 Å². The zero-order chi connectivity index (χ0) is 16.2. The van der Waals surface area contributed by atoms with Crippen LogP contribution < -0.4 is 5.32 Å². The maximum absolute atomic E-state index is 12.4. The molecule has 1 aromatic carbocycles. The fraction of sp³-hybridized carbons (Fsp3) is 0.118. The maximum Gasteiger partial charge on any atom is 0.263 e. The Balaban J connectivity index is 1.72. The summed E-state index contributed by atoms with van der Waals surface area (Å²) in [5.41, 5.74) is 2.23. The molecule has 0 aliphatic carbocycles. The molecule has 1 N–H and O–H groups in total. The van der Waals surface area contributed by atoms with Gasteiger partial charge in [0.1, 0.15) is 9.88 Å². The number of benzene rings is 1. The summed E-state index contributed by atoms with van der Waals surface area (Å²) in [6.07, 6.45) is 0. The van der Waals surface area contributed by atoms with E-state index in [1.807, 2.05) is 36.6 Å². The molecule has 2 heterocycles. The molecule has 3 rings (SSSR count). The minimum Gasteiger partial charge on any atom is -0.347 e. The summed E-state index contributed by atoms with van der Waals surface area (Å²) in [4.78, 5) is 18.6. The average molecular weight is 339 g/mol. The third kappa shape index (κ3) is 3.47. The lowest BCUT2D eigenvalue weighted by Gasteiger charge is -2.04. The Labute approximate surface area is 142 Å². The summed E-state index contributed by atoms with van der Waals surface area (Å²) in [5.74, 6) is -0.134. The van der Waals surface area contributed by atoms with Gasteiger partial charge >= 0.3 is 0 Å². The Kier molecular flexibility index (Phi) is 4.51. The van der Waals surface area contributed by atoms with Gasteiger partial charge in [-0.3, -0.25) is 4.79 Å². The van der Waals surface area contributed by atoms with Crippen LogP contribution in [-0.2, 0) is 6.54 Å². The van der Waals surface area contributed by atoms with Crippen LogP contribution >= 0.6 is 22.7 Å². The summed E-state index contributed by atoms with van der Waals surface area (Å²) in [6, 6.07) is 13.3. The number of nitrogens with one attached hydrogen (secondary N) is 1. The fourth-order valence-corrected chi connectivity index (χ4v) is 3.91. The molecule has 0 spiro atoms. The van der Waals surface area contributed by atoms with E-state index in [-0.39, 0.29) is 5.91 Å². The van der Waals surface area contributed by atoms with Crippen molar-refractivity contribution < 1.29 is 4.79 Å². The summed E-state index contributed by atoms with van der Waals surface area (Å²) in [5, 5.41) is 14.7. The largest absolute Gasteiger partial charge is 0.347 e. The van der Waals surface area contributed by atoms with E-state index in [1.54, 1.807) is 23.5 Å². The van der Waals surface area contributed by atoms with Gasteiger partial charge in [-0.2, -0.15) is 5.26 Å². The summed E-state index contributed by atoms with van der Waals surface area (Å²) < 4.78 is 0. The van der Waals surface area contributed by atoms with E-state index in [0.29, 0.717) is 17.0 Å². The molecule has 0 saturated carbocycles. The minimum atomic E-state index is -0.134. The normalized spacial score (nSPS) is 10.3. The van der Waals surface area contributed by atoms with Crippen molar-refractivity contribution in [2.24, 2.45) is 0 Å². The average Bonchev–Trinajstić information content (AvgIpc) is 3.22. The van der Waals surface area contributed by atoms with Crippen molar-refractivity contribution in [2.45, 2.75) is 13.5 Å². The zero-order valence-corrected chi connectivity index (χ0v) is 14.0. The molecule has 1 amide bonds. The topological polar surface area (TPSA) is 65.8 Å². The highest BCUT2D eigenvalue weighted by Gasteiger charge is 2.16. The molecule has 2 aromatic heterocycles. The molecule has 4 nitrogen and oxygen atoms in total. The molecule has 0 radical (unpaired) electrons. The first kappa shape index (κ1) is 15.4. The van der Waals surface area contributed by atoms with Gasteiger partial charge in [0.25, 0.3) is 5.91 Å². The molecule has 0 atom stereocenters. The lowest BCUT2D eigenvalue weighted by molar-refractivity contribution is 0.0954. The van der Waals surface area contributed by atoms with Gasteiger partial charge in [-0.05, 0) is 36.1 Å². The van der Waals surface area contributed by atoms with Crippen LogP contribution in [0.4, 0.5) is 0 Å². The van der Waals surface area contributed by atoms with Crippen LogP contribution in [0.2, 0.25) is 0 Å². The third-order valence-corrected chi connectivity index (χ3v) is 5.44. The number of nitrogens with zero attached hydrogens (tertiary/aromatic N) is 2. The lowest BCUT2D eigenvalue weighted by Crippen LogP contribution is -2.22. The highest BCUT2D eigenvalue weighted by molar-refractivity contribution is 7.22. The monoisotopic (exact) mass is 339 g/mol. The third-order valence-electron chi connectivity index (χ3n) is 3.24. The number of aromatic nitrogens is 1. The van der Waals surface area contributed by atoms with Crippen LogP contribution in [-0.4, -0.2) is 10.9 Å². The number of hydrogen-bond acceptors (Lipinski definition) is 5. The molecule has 0 aliphatic rings. The Morgan fingerprint density at radius 3 is 2.96 bits per heavy atom. The summed E-state index contributed by atoms with van der Waals surface area (Å²) in [7, 11) is 0. The van der Waals surface area contributed by atoms with E-state index in [2.05, 4.69) is 16.4 Å². The first-order chi connectivity index (χ1) is 11.2. The minimum absolute atomic E-state index is 0.134. The van der Waals surface area contributed by atoms with Crippen LogP contribution in [0.1, 0.15) is 26.5 Å². The molecule has 23 heavy (non-hydrogen) atoms. The lowest BCUT2D eigenvalue weighted by atomic mass is 10.1. The number of nitriles is 1. The molecule has 0 saturated heterocycles. The number of thiophene rings is 1. The second kappa shape index (κ2) is 6.73. The van der Waals surface area contributed by atoms with Gasteiger partial charge in [0.2, 0.25) is 0 Å². The number of aryl methyl sites for hydroxylation is 1. The standard InChI is InChI=1S/C17H13N3OS2/c1-11-15(23-17(20-11)14-6-3-7-22-14)16(21)19-10-13-5-2-4-12(8-13)9-18/h2-8H,10H2,1H3,(H,19,21). The van der Waals surface area contributed by atoms with Crippen molar-refractivity contribution in [3.63, 3.8) is 0 Å². The second-order valence-electron chi connectivity index (χ2n) is 4.91. The SMILES string of the molecule is Cc1nc(-c2cccs2)sc1C(=O)NCc1cccc(C#N)c1. The number of hydrogen-bond donors (Lipinski definition) is 1. The van der Waals surface area contributed by atoms with E-state index >= 15 is 0 Å². The highest BCUT2D eigenvalue weighted by Crippen LogP contribution is 2.30. The van der Waals surface area contributed by atoms with E-state index in [1.165, 1.54) is 11.3 Å². The van der Waals surface area contributed by atoms with Gasteiger partial charge in [0.15, 0.2) is 0 Å². The van der Waals surface area contributed by atoms with Gasteiger partial charge in [-0.25, -0.2) is 4.98 Å². The Morgan fingerprint density at radius 1 is 1.35 bits per heavy atom. The highest BCUT2D eigenvalue weighted by atomic mass is 32.1. The zero-order valence-electron chi connectivity index (χ0n) is 12.4. The number of carbonyl (C=O) groups is 1. The molecular weight excluding hydrogens is 326 g/mol. The van der Waals surface area contributed by atoms with Crippen molar-refractivity contribution >= 4 is 28.6 Å².